The molecule has 118 valence electrons. The van der Waals surface area contributed by atoms with Gasteiger partial charge in [-0.15, -0.1) is 0 Å². The van der Waals surface area contributed by atoms with Gasteiger partial charge in [-0.2, -0.15) is 11.8 Å². The van der Waals surface area contributed by atoms with E-state index in [1.807, 2.05) is 11.8 Å². The third-order valence-corrected chi connectivity index (χ3v) is 4.56. The number of hydrogen-bond donors (Lipinski definition) is 2. The Bertz CT molecular complexity index is 458. The SMILES string of the molecule is CC(C)CCSCCCC(=O)Nc1c(Cl)cc(N)cc1Cl. The number of rotatable bonds is 8. The molecule has 0 unspecified atom stereocenters. The predicted octanol–water partition coefficient (Wildman–Crippen LogP) is 5.07. The fourth-order valence-corrected chi connectivity index (χ4v) is 3.46. The van der Waals surface area contributed by atoms with Gasteiger partial charge in [0.15, 0.2) is 0 Å². The lowest BCUT2D eigenvalue weighted by atomic mass is 10.2. The van der Waals surface area contributed by atoms with E-state index in [0.29, 0.717) is 27.8 Å². The summed E-state index contributed by atoms with van der Waals surface area (Å²) in [5.74, 6) is 2.79. The second-order valence-electron chi connectivity index (χ2n) is 5.31. The number of anilines is 2. The standard InChI is InChI=1S/C15H22Cl2N2OS/c1-10(2)5-7-21-6-3-4-14(20)19-15-12(16)8-11(18)9-13(15)17/h8-10H,3-7,18H2,1-2H3,(H,19,20). The first kappa shape index (κ1) is 18.5. The fourth-order valence-electron chi connectivity index (χ4n) is 1.67. The molecule has 3 nitrogen and oxygen atoms in total. The molecular formula is C15H22Cl2N2OS. The molecule has 0 saturated heterocycles. The van der Waals surface area contributed by atoms with E-state index >= 15 is 0 Å². The van der Waals surface area contributed by atoms with Crippen LogP contribution in [0, 0.1) is 5.92 Å². The molecule has 0 aromatic heterocycles. The second kappa shape index (κ2) is 9.44. The zero-order valence-corrected chi connectivity index (χ0v) is 14.7. The van der Waals surface area contributed by atoms with E-state index in [-0.39, 0.29) is 5.91 Å². The molecule has 0 fully saturated rings. The summed E-state index contributed by atoms with van der Waals surface area (Å²) in [7, 11) is 0. The molecule has 1 aromatic rings. The smallest absolute Gasteiger partial charge is 0.224 e. The Morgan fingerprint density at radius 1 is 1.29 bits per heavy atom. The Labute approximate surface area is 140 Å². The van der Waals surface area contributed by atoms with Crippen molar-refractivity contribution in [3.63, 3.8) is 0 Å². The van der Waals surface area contributed by atoms with E-state index < -0.39 is 0 Å². The van der Waals surface area contributed by atoms with E-state index in [4.69, 9.17) is 28.9 Å². The molecule has 0 saturated carbocycles. The van der Waals surface area contributed by atoms with Crippen molar-refractivity contribution < 1.29 is 4.79 Å². The highest BCUT2D eigenvalue weighted by Crippen LogP contribution is 2.32. The van der Waals surface area contributed by atoms with Gasteiger partial charge in [0.2, 0.25) is 5.91 Å². The zero-order chi connectivity index (χ0) is 15.8. The lowest BCUT2D eigenvalue weighted by Crippen LogP contribution is -2.12. The molecule has 1 aromatic carbocycles. The number of nitrogens with two attached hydrogens (primary N) is 1. The lowest BCUT2D eigenvalue weighted by molar-refractivity contribution is -0.116. The van der Waals surface area contributed by atoms with Gasteiger partial charge in [-0.25, -0.2) is 0 Å². The van der Waals surface area contributed by atoms with Gasteiger partial charge < -0.3 is 11.1 Å². The van der Waals surface area contributed by atoms with Crippen LogP contribution in [0.4, 0.5) is 11.4 Å². The number of nitrogen functional groups attached to an aromatic ring is 1. The Kier molecular flexibility index (Phi) is 8.30. The molecule has 0 aliphatic heterocycles. The van der Waals surface area contributed by atoms with Crippen LogP contribution >= 0.6 is 35.0 Å². The number of halogens is 2. The quantitative estimate of drug-likeness (QED) is 0.509. The van der Waals surface area contributed by atoms with Crippen molar-refractivity contribution in [1.29, 1.82) is 0 Å². The molecule has 0 atom stereocenters. The number of thioether (sulfide) groups is 1. The highest BCUT2D eigenvalue weighted by Gasteiger charge is 2.10. The van der Waals surface area contributed by atoms with Crippen molar-refractivity contribution >= 4 is 52.2 Å². The largest absolute Gasteiger partial charge is 0.399 e. The van der Waals surface area contributed by atoms with Crippen molar-refractivity contribution in [3.05, 3.63) is 22.2 Å². The molecule has 0 radical (unpaired) electrons. The predicted molar refractivity (Wildman–Crippen MR) is 95.5 cm³/mol. The van der Waals surface area contributed by atoms with Crippen LogP contribution in [0.25, 0.3) is 0 Å². The number of carbonyl (C=O) groups is 1. The topological polar surface area (TPSA) is 55.1 Å². The van der Waals surface area contributed by atoms with Crippen molar-refractivity contribution in [2.75, 3.05) is 22.6 Å². The third-order valence-electron chi connectivity index (χ3n) is 2.86. The molecule has 0 heterocycles. The van der Waals surface area contributed by atoms with E-state index in [2.05, 4.69) is 19.2 Å². The molecule has 3 N–H and O–H groups in total. The summed E-state index contributed by atoms with van der Waals surface area (Å²) in [6.45, 7) is 4.43. The van der Waals surface area contributed by atoms with Gasteiger partial charge in [-0.1, -0.05) is 37.0 Å². The average molecular weight is 349 g/mol. The lowest BCUT2D eigenvalue weighted by Gasteiger charge is -2.10. The molecule has 1 amide bonds. The van der Waals surface area contributed by atoms with Crippen LogP contribution in [0.15, 0.2) is 12.1 Å². The highest BCUT2D eigenvalue weighted by atomic mass is 35.5. The molecule has 0 spiro atoms. The number of hydrogen-bond acceptors (Lipinski definition) is 3. The van der Waals surface area contributed by atoms with E-state index in [9.17, 15) is 4.79 Å². The zero-order valence-electron chi connectivity index (χ0n) is 12.4. The van der Waals surface area contributed by atoms with Crippen LogP contribution in [0.2, 0.25) is 10.0 Å². The normalized spacial score (nSPS) is 10.9. The number of nitrogens with one attached hydrogen (secondary N) is 1. The van der Waals surface area contributed by atoms with Crippen molar-refractivity contribution in [1.82, 2.24) is 0 Å². The average Bonchev–Trinajstić information content (AvgIpc) is 2.37. The minimum atomic E-state index is -0.0759. The van der Waals surface area contributed by atoms with Crippen LogP contribution in [0.1, 0.15) is 33.1 Å². The number of carbonyl (C=O) groups excluding carboxylic acids is 1. The molecule has 0 aliphatic carbocycles. The molecule has 6 heteroatoms. The van der Waals surface area contributed by atoms with E-state index in [1.165, 1.54) is 6.42 Å². The highest BCUT2D eigenvalue weighted by molar-refractivity contribution is 7.99. The van der Waals surface area contributed by atoms with Gasteiger partial charge in [-0.3, -0.25) is 4.79 Å². The minimum absolute atomic E-state index is 0.0759. The van der Waals surface area contributed by atoms with Gasteiger partial charge in [0.1, 0.15) is 0 Å². The Balaban J connectivity index is 2.31. The van der Waals surface area contributed by atoms with Gasteiger partial charge in [-0.05, 0) is 42.4 Å². The first-order valence-electron chi connectivity index (χ1n) is 7.02. The van der Waals surface area contributed by atoms with E-state index in [1.54, 1.807) is 12.1 Å². The Hall–Kier alpha value is -0.580. The fraction of sp³-hybridized carbons (Fsp3) is 0.533. The first-order chi connectivity index (χ1) is 9.90. The summed E-state index contributed by atoms with van der Waals surface area (Å²) in [4.78, 5) is 11.9. The number of benzene rings is 1. The minimum Gasteiger partial charge on any atom is -0.399 e. The van der Waals surface area contributed by atoms with Crippen molar-refractivity contribution in [2.24, 2.45) is 5.92 Å². The molecular weight excluding hydrogens is 327 g/mol. The maximum absolute atomic E-state index is 11.9. The first-order valence-corrected chi connectivity index (χ1v) is 8.93. The van der Waals surface area contributed by atoms with E-state index in [0.717, 1.165) is 23.8 Å². The monoisotopic (exact) mass is 348 g/mol. The Morgan fingerprint density at radius 2 is 1.90 bits per heavy atom. The summed E-state index contributed by atoms with van der Waals surface area (Å²) in [5, 5.41) is 3.47. The molecule has 0 aliphatic rings. The Morgan fingerprint density at radius 3 is 2.48 bits per heavy atom. The van der Waals surface area contributed by atoms with Gasteiger partial charge in [0, 0.05) is 12.1 Å². The van der Waals surface area contributed by atoms with Crippen LogP contribution in [0.5, 0.6) is 0 Å². The van der Waals surface area contributed by atoms with Crippen LogP contribution < -0.4 is 11.1 Å². The van der Waals surface area contributed by atoms with Gasteiger partial charge >= 0.3 is 0 Å². The van der Waals surface area contributed by atoms with Crippen LogP contribution in [0.3, 0.4) is 0 Å². The van der Waals surface area contributed by atoms with Crippen LogP contribution in [-0.2, 0) is 4.79 Å². The summed E-state index contributed by atoms with van der Waals surface area (Å²) < 4.78 is 0. The molecule has 0 bridgehead atoms. The summed E-state index contributed by atoms with van der Waals surface area (Å²) in [6.07, 6.45) is 2.53. The van der Waals surface area contributed by atoms with Gasteiger partial charge in [0.05, 0.1) is 15.7 Å². The van der Waals surface area contributed by atoms with Crippen molar-refractivity contribution in [2.45, 2.75) is 33.1 Å². The second-order valence-corrected chi connectivity index (χ2v) is 7.35. The van der Waals surface area contributed by atoms with Crippen molar-refractivity contribution in [3.8, 4) is 0 Å². The third kappa shape index (κ3) is 7.30. The summed E-state index contributed by atoms with van der Waals surface area (Å²) >= 11 is 13.9. The maximum atomic E-state index is 11.9. The maximum Gasteiger partial charge on any atom is 0.224 e. The molecule has 21 heavy (non-hydrogen) atoms. The summed E-state index contributed by atoms with van der Waals surface area (Å²) in [6, 6.07) is 3.15. The summed E-state index contributed by atoms with van der Waals surface area (Å²) in [5.41, 5.74) is 6.53. The number of amides is 1. The molecule has 1 rings (SSSR count). The van der Waals surface area contributed by atoms with Gasteiger partial charge in [0.25, 0.3) is 0 Å². The van der Waals surface area contributed by atoms with Crippen LogP contribution in [-0.4, -0.2) is 17.4 Å².